The summed E-state index contributed by atoms with van der Waals surface area (Å²) >= 11 is 6.24. The Morgan fingerprint density at radius 3 is 2.79 bits per heavy atom. The minimum absolute atomic E-state index is 0.0338. The largest absolute Gasteiger partial charge is 0.462 e. The lowest BCUT2D eigenvalue weighted by molar-refractivity contribution is -0.152. The van der Waals surface area contributed by atoms with Gasteiger partial charge in [0, 0.05) is 37.1 Å². The molecule has 8 heteroatoms. The maximum absolute atomic E-state index is 12.7. The zero-order valence-electron chi connectivity index (χ0n) is 20.1. The summed E-state index contributed by atoms with van der Waals surface area (Å²) < 4.78 is 11.8. The molecule has 0 spiro atoms. The number of halogens is 1. The Balaban J connectivity index is 1.55. The normalized spacial score (nSPS) is 19.3. The average Bonchev–Trinajstić information content (AvgIpc) is 2.90. The van der Waals surface area contributed by atoms with Crippen molar-refractivity contribution >= 4 is 29.1 Å². The van der Waals surface area contributed by atoms with E-state index in [-0.39, 0.29) is 24.5 Å². The fourth-order valence-electron chi connectivity index (χ4n) is 4.51. The topological polar surface area (TPSA) is 74.6 Å². The van der Waals surface area contributed by atoms with Crippen LogP contribution in [0.5, 0.6) is 11.5 Å². The summed E-state index contributed by atoms with van der Waals surface area (Å²) in [5.41, 5.74) is 0.693. The van der Waals surface area contributed by atoms with Gasteiger partial charge in [-0.3, -0.25) is 9.69 Å². The summed E-state index contributed by atoms with van der Waals surface area (Å²) in [7, 11) is 2.02. The molecule has 34 heavy (non-hydrogen) atoms. The van der Waals surface area contributed by atoms with Gasteiger partial charge in [-0.25, -0.2) is 4.99 Å². The van der Waals surface area contributed by atoms with Gasteiger partial charge in [0.05, 0.1) is 17.6 Å². The third kappa shape index (κ3) is 5.90. The second kappa shape index (κ2) is 9.94. The number of esters is 1. The summed E-state index contributed by atoms with van der Waals surface area (Å²) in [6, 6.07) is 13.2. The van der Waals surface area contributed by atoms with Crippen LogP contribution in [0.4, 0.5) is 5.69 Å². The van der Waals surface area contributed by atoms with Crippen molar-refractivity contribution in [3.8, 4) is 11.5 Å². The number of carbonyl (C=O) groups is 1. The van der Waals surface area contributed by atoms with Crippen LogP contribution in [0.2, 0.25) is 5.02 Å². The Hall–Kier alpha value is -2.61. The van der Waals surface area contributed by atoms with E-state index in [1.54, 1.807) is 26.0 Å². The molecule has 0 saturated carbocycles. The first-order valence-electron chi connectivity index (χ1n) is 11.6. The molecule has 0 radical (unpaired) electrons. The lowest BCUT2D eigenvalue weighted by Crippen LogP contribution is -2.54. The van der Waals surface area contributed by atoms with Gasteiger partial charge in [-0.1, -0.05) is 23.7 Å². The van der Waals surface area contributed by atoms with E-state index in [0.29, 0.717) is 29.4 Å². The van der Waals surface area contributed by atoms with E-state index in [1.807, 2.05) is 44.3 Å². The van der Waals surface area contributed by atoms with Gasteiger partial charge in [0.15, 0.2) is 5.75 Å². The molecular weight excluding hydrogens is 454 g/mol. The maximum Gasteiger partial charge on any atom is 0.307 e. The molecule has 2 aromatic carbocycles. The number of piperazine rings is 1. The molecule has 2 aromatic rings. The minimum Gasteiger partial charge on any atom is -0.462 e. The van der Waals surface area contributed by atoms with Crippen LogP contribution in [0.3, 0.4) is 0 Å². The van der Waals surface area contributed by atoms with Crippen LogP contribution in [0.15, 0.2) is 47.5 Å². The second-order valence-corrected chi connectivity index (χ2v) is 10.2. The van der Waals surface area contributed by atoms with E-state index in [2.05, 4.69) is 9.80 Å². The molecule has 0 aromatic heterocycles. The summed E-state index contributed by atoms with van der Waals surface area (Å²) in [4.78, 5) is 22.0. The number of para-hydroxylation sites is 1. The Kier molecular flexibility index (Phi) is 7.17. The number of benzene rings is 2. The lowest BCUT2D eigenvalue weighted by atomic mass is 10.0. The number of fused-ring (bicyclic) bond motifs is 2. The van der Waals surface area contributed by atoms with Gasteiger partial charge >= 0.3 is 5.97 Å². The van der Waals surface area contributed by atoms with Gasteiger partial charge < -0.3 is 19.5 Å². The van der Waals surface area contributed by atoms with Crippen LogP contribution in [-0.4, -0.2) is 71.1 Å². The molecule has 1 N–H and O–H groups in total. The lowest BCUT2D eigenvalue weighted by Gasteiger charge is -2.40. The Morgan fingerprint density at radius 1 is 1.26 bits per heavy atom. The smallest absolute Gasteiger partial charge is 0.307 e. The first-order chi connectivity index (χ1) is 16.1. The number of hydrogen-bond acceptors (Lipinski definition) is 7. The predicted molar refractivity (Wildman–Crippen MR) is 133 cm³/mol. The first kappa shape index (κ1) is 24.5. The van der Waals surface area contributed by atoms with Gasteiger partial charge in [0.1, 0.15) is 23.4 Å². The molecule has 2 aliphatic rings. The highest BCUT2D eigenvalue weighted by Crippen LogP contribution is 2.39. The number of aliphatic imine (C=N–C) groups is 1. The molecule has 0 unspecified atom stereocenters. The van der Waals surface area contributed by atoms with Crippen LogP contribution < -0.4 is 4.74 Å². The molecule has 0 aliphatic carbocycles. The number of likely N-dealkylation sites (N-methyl/N-ethyl adjacent to an activating group) is 1. The highest BCUT2D eigenvalue weighted by Gasteiger charge is 2.32. The molecule has 1 fully saturated rings. The summed E-state index contributed by atoms with van der Waals surface area (Å²) in [5, 5.41) is 10.6. The third-order valence-corrected chi connectivity index (χ3v) is 6.33. The molecule has 2 heterocycles. The quantitative estimate of drug-likeness (QED) is 0.623. The number of amidine groups is 1. The number of nitrogens with zero attached hydrogens (tertiary/aromatic N) is 3. The van der Waals surface area contributed by atoms with Crippen LogP contribution in [0.25, 0.3) is 0 Å². The molecule has 2 atom stereocenters. The van der Waals surface area contributed by atoms with Crippen molar-refractivity contribution in [2.45, 2.75) is 51.4 Å². The van der Waals surface area contributed by atoms with Crippen LogP contribution in [0, 0.1) is 0 Å². The van der Waals surface area contributed by atoms with E-state index in [0.717, 1.165) is 30.2 Å². The summed E-state index contributed by atoms with van der Waals surface area (Å²) in [6.45, 7) is 7.40. The fraction of sp³-hybridized carbons (Fsp3) is 0.462. The van der Waals surface area contributed by atoms with E-state index >= 15 is 0 Å². The molecule has 4 rings (SSSR count). The van der Waals surface area contributed by atoms with Crippen LogP contribution in [0.1, 0.15) is 39.2 Å². The predicted octanol–water partition coefficient (Wildman–Crippen LogP) is 4.62. The Morgan fingerprint density at radius 2 is 2.03 bits per heavy atom. The monoisotopic (exact) mass is 485 g/mol. The summed E-state index contributed by atoms with van der Waals surface area (Å²) in [5.74, 6) is 1.93. The SMILES string of the molecule is C[C@H](CC(C)(C)O)OC(=O)C[C@H]1CN(C2=Nc3cc(Cl)ccc3Oc3ccccc32)CCN1C. The Bertz CT molecular complexity index is 1080. The zero-order chi connectivity index (χ0) is 24.5. The maximum atomic E-state index is 12.7. The van der Waals surface area contributed by atoms with Gasteiger partial charge in [0.25, 0.3) is 0 Å². The van der Waals surface area contributed by atoms with E-state index in [9.17, 15) is 9.90 Å². The molecule has 182 valence electrons. The summed E-state index contributed by atoms with van der Waals surface area (Å²) in [6.07, 6.45) is 0.298. The number of carbonyl (C=O) groups excluding carboxylic acids is 1. The molecule has 1 saturated heterocycles. The van der Waals surface area contributed by atoms with Crippen molar-refractivity contribution in [2.75, 3.05) is 26.7 Å². The molecule has 2 aliphatic heterocycles. The van der Waals surface area contributed by atoms with Crippen molar-refractivity contribution in [1.29, 1.82) is 0 Å². The van der Waals surface area contributed by atoms with Crippen molar-refractivity contribution in [3.05, 3.63) is 53.1 Å². The highest BCUT2D eigenvalue weighted by molar-refractivity contribution is 6.31. The Labute approximate surface area is 205 Å². The standard InChI is InChI=1S/C26H32ClN3O4/c1-17(15-26(2,3)32)33-24(31)14-19-16-30(12-11-29(19)4)25-20-7-5-6-8-22(20)34-23-10-9-18(27)13-21(23)28-25/h5-10,13,17,19,32H,11-12,14-16H2,1-4H3/t17-,19+/m1/s1. The van der Waals surface area contributed by atoms with Crippen molar-refractivity contribution < 1.29 is 19.4 Å². The van der Waals surface area contributed by atoms with Crippen LogP contribution in [-0.2, 0) is 9.53 Å². The van der Waals surface area contributed by atoms with Crippen molar-refractivity contribution in [3.63, 3.8) is 0 Å². The van der Waals surface area contributed by atoms with E-state index in [1.165, 1.54) is 0 Å². The minimum atomic E-state index is -0.885. The zero-order valence-corrected chi connectivity index (χ0v) is 20.9. The van der Waals surface area contributed by atoms with Crippen LogP contribution >= 0.6 is 11.6 Å². The fourth-order valence-corrected chi connectivity index (χ4v) is 4.67. The molecular formula is C26H32ClN3O4. The van der Waals surface area contributed by atoms with Gasteiger partial charge in [0.2, 0.25) is 0 Å². The number of hydrogen-bond donors (Lipinski definition) is 1. The highest BCUT2D eigenvalue weighted by atomic mass is 35.5. The number of ether oxygens (including phenoxy) is 2. The second-order valence-electron chi connectivity index (χ2n) is 9.75. The third-order valence-electron chi connectivity index (χ3n) is 6.09. The van der Waals surface area contributed by atoms with Gasteiger partial charge in [-0.2, -0.15) is 0 Å². The first-order valence-corrected chi connectivity index (χ1v) is 12.0. The van der Waals surface area contributed by atoms with E-state index < -0.39 is 5.60 Å². The number of rotatable bonds is 5. The van der Waals surface area contributed by atoms with E-state index in [4.69, 9.17) is 26.1 Å². The van der Waals surface area contributed by atoms with Crippen molar-refractivity contribution in [1.82, 2.24) is 9.80 Å². The van der Waals surface area contributed by atoms with Gasteiger partial charge in [-0.15, -0.1) is 0 Å². The van der Waals surface area contributed by atoms with Gasteiger partial charge in [-0.05, 0) is 58.2 Å². The average molecular weight is 486 g/mol. The number of aliphatic hydroxyl groups is 1. The van der Waals surface area contributed by atoms with Crippen molar-refractivity contribution in [2.24, 2.45) is 4.99 Å². The molecule has 0 bridgehead atoms. The molecule has 0 amide bonds. The molecule has 7 nitrogen and oxygen atoms in total.